The van der Waals surface area contributed by atoms with Crippen molar-refractivity contribution in [3.63, 3.8) is 0 Å². The van der Waals surface area contributed by atoms with Gasteiger partial charge in [-0.05, 0) is 19.3 Å². The fraction of sp³-hybridized carbons (Fsp3) is 0.667. The molecule has 0 bridgehead atoms. The number of nitrogens with zero attached hydrogens (tertiary/aromatic N) is 1. The van der Waals surface area contributed by atoms with Crippen LogP contribution in [0.5, 0.6) is 0 Å². The van der Waals surface area contributed by atoms with Gasteiger partial charge in [0.15, 0.2) is 0 Å². The van der Waals surface area contributed by atoms with Gasteiger partial charge >= 0.3 is 0 Å². The number of rotatable bonds is 3. The predicted octanol–water partition coefficient (Wildman–Crippen LogP) is 3.03. The van der Waals surface area contributed by atoms with E-state index in [-0.39, 0.29) is 0 Å². The molecule has 0 amide bonds. The first kappa shape index (κ1) is 9.41. The van der Waals surface area contributed by atoms with Gasteiger partial charge in [0.1, 0.15) is 0 Å². The molecule has 0 unspecified atom stereocenters. The third kappa shape index (κ3) is 3.44. The van der Waals surface area contributed by atoms with Crippen molar-refractivity contribution in [3.05, 3.63) is 12.3 Å². The zero-order valence-corrected chi connectivity index (χ0v) is 7.44. The summed E-state index contributed by atoms with van der Waals surface area (Å²) in [6.45, 7) is 12.2. The molecule has 0 aromatic rings. The topological polar surface area (TPSA) is 12.4 Å². The van der Waals surface area contributed by atoms with Crippen molar-refractivity contribution in [1.82, 2.24) is 0 Å². The third-order valence-corrected chi connectivity index (χ3v) is 1.51. The Kier molecular flexibility index (Phi) is 4.01. The number of allylic oxidation sites excluding steroid dienone is 1. The monoisotopic (exact) mass is 139 g/mol. The van der Waals surface area contributed by atoms with Gasteiger partial charge in [-0.2, -0.15) is 0 Å². The molecule has 0 rings (SSSR count). The van der Waals surface area contributed by atoms with E-state index in [0.717, 1.165) is 12.1 Å². The Morgan fingerprint density at radius 1 is 1.50 bits per heavy atom. The highest BCUT2D eigenvalue weighted by molar-refractivity contribution is 5.82. The van der Waals surface area contributed by atoms with Crippen LogP contribution in [-0.2, 0) is 0 Å². The molecule has 10 heavy (non-hydrogen) atoms. The number of hydrogen-bond acceptors (Lipinski definition) is 1. The molecule has 58 valence electrons. The molecule has 0 saturated heterocycles. The summed E-state index contributed by atoms with van der Waals surface area (Å²) in [4.78, 5) is 4.32. The lowest BCUT2D eigenvalue weighted by Gasteiger charge is -2.03. The molecule has 0 spiro atoms. The van der Waals surface area contributed by atoms with Gasteiger partial charge in [0, 0.05) is 11.4 Å². The molecule has 0 aliphatic carbocycles. The number of hydrogen-bond donors (Lipinski definition) is 0. The second kappa shape index (κ2) is 4.26. The Hall–Kier alpha value is -0.590. The van der Waals surface area contributed by atoms with Crippen LogP contribution in [0, 0.1) is 5.92 Å². The molecular weight excluding hydrogens is 122 g/mol. The van der Waals surface area contributed by atoms with E-state index in [4.69, 9.17) is 0 Å². The SMILES string of the molecule is C=C(N=C(C)CC)C(C)C. The van der Waals surface area contributed by atoms with E-state index < -0.39 is 0 Å². The summed E-state index contributed by atoms with van der Waals surface area (Å²) >= 11 is 0. The molecule has 0 aliphatic heterocycles. The van der Waals surface area contributed by atoms with Crippen LogP contribution in [0.15, 0.2) is 17.3 Å². The minimum Gasteiger partial charge on any atom is -0.263 e. The fourth-order valence-electron chi connectivity index (χ4n) is 0.453. The maximum absolute atomic E-state index is 4.32. The van der Waals surface area contributed by atoms with Crippen molar-refractivity contribution in [2.45, 2.75) is 34.1 Å². The average Bonchev–Trinajstić information content (AvgIpc) is 1.87. The molecule has 0 saturated carbocycles. The second-order valence-electron chi connectivity index (χ2n) is 2.85. The molecular formula is C9H17N. The molecule has 0 radical (unpaired) electrons. The van der Waals surface area contributed by atoms with Crippen molar-refractivity contribution < 1.29 is 0 Å². The van der Waals surface area contributed by atoms with E-state index in [1.165, 1.54) is 5.71 Å². The smallest absolute Gasteiger partial charge is 0.0356 e. The van der Waals surface area contributed by atoms with Crippen molar-refractivity contribution in [1.29, 1.82) is 0 Å². The normalized spacial score (nSPS) is 12.3. The van der Waals surface area contributed by atoms with Crippen molar-refractivity contribution in [2.75, 3.05) is 0 Å². The zero-order valence-electron chi connectivity index (χ0n) is 7.44. The van der Waals surface area contributed by atoms with Crippen LogP contribution < -0.4 is 0 Å². The molecule has 0 aromatic carbocycles. The maximum atomic E-state index is 4.32. The summed E-state index contributed by atoms with van der Waals surface area (Å²) in [5, 5.41) is 0. The van der Waals surface area contributed by atoms with Gasteiger partial charge in [0.25, 0.3) is 0 Å². The summed E-state index contributed by atoms with van der Waals surface area (Å²) < 4.78 is 0. The highest BCUT2D eigenvalue weighted by Gasteiger charge is 1.96. The zero-order chi connectivity index (χ0) is 8.15. The van der Waals surface area contributed by atoms with E-state index in [1.54, 1.807) is 0 Å². The Morgan fingerprint density at radius 3 is 2.30 bits per heavy atom. The molecule has 1 heteroatoms. The van der Waals surface area contributed by atoms with E-state index in [2.05, 4.69) is 32.3 Å². The average molecular weight is 139 g/mol. The van der Waals surface area contributed by atoms with Crippen LogP contribution in [0.25, 0.3) is 0 Å². The Labute approximate surface area is 63.9 Å². The van der Waals surface area contributed by atoms with E-state index in [1.807, 2.05) is 6.92 Å². The van der Waals surface area contributed by atoms with Gasteiger partial charge in [0.2, 0.25) is 0 Å². The fourth-order valence-corrected chi connectivity index (χ4v) is 0.453. The summed E-state index contributed by atoms with van der Waals surface area (Å²) in [6, 6.07) is 0. The summed E-state index contributed by atoms with van der Waals surface area (Å²) in [5.41, 5.74) is 2.15. The Balaban J connectivity index is 4.00. The third-order valence-electron chi connectivity index (χ3n) is 1.51. The standard InChI is InChI=1S/C9H17N/c1-6-8(4)10-9(5)7(2)3/h7H,5-6H2,1-4H3. The lowest BCUT2D eigenvalue weighted by molar-refractivity contribution is 0.761. The highest BCUT2D eigenvalue weighted by Crippen LogP contribution is 2.08. The first-order valence-corrected chi connectivity index (χ1v) is 3.80. The Morgan fingerprint density at radius 2 is 2.00 bits per heavy atom. The van der Waals surface area contributed by atoms with Crippen molar-refractivity contribution in [2.24, 2.45) is 10.9 Å². The largest absolute Gasteiger partial charge is 0.263 e. The van der Waals surface area contributed by atoms with Crippen LogP contribution in [0.3, 0.4) is 0 Å². The molecule has 0 aromatic heterocycles. The van der Waals surface area contributed by atoms with Gasteiger partial charge in [-0.25, -0.2) is 0 Å². The van der Waals surface area contributed by atoms with E-state index in [9.17, 15) is 0 Å². The minimum atomic E-state index is 0.474. The van der Waals surface area contributed by atoms with Gasteiger partial charge < -0.3 is 0 Å². The van der Waals surface area contributed by atoms with Crippen LogP contribution in [0.4, 0.5) is 0 Å². The summed E-state index contributed by atoms with van der Waals surface area (Å²) in [6.07, 6.45) is 1.02. The molecule has 0 fully saturated rings. The Bertz CT molecular complexity index is 143. The van der Waals surface area contributed by atoms with Gasteiger partial charge in [-0.15, -0.1) is 0 Å². The second-order valence-corrected chi connectivity index (χ2v) is 2.85. The van der Waals surface area contributed by atoms with Gasteiger partial charge in [0.05, 0.1) is 0 Å². The van der Waals surface area contributed by atoms with Crippen LogP contribution in [0.1, 0.15) is 34.1 Å². The minimum absolute atomic E-state index is 0.474. The first-order chi connectivity index (χ1) is 4.57. The lowest BCUT2D eigenvalue weighted by atomic mass is 10.1. The summed E-state index contributed by atoms with van der Waals surface area (Å²) in [5.74, 6) is 0.474. The highest BCUT2D eigenvalue weighted by atomic mass is 14.8. The summed E-state index contributed by atoms with van der Waals surface area (Å²) in [7, 11) is 0. The van der Waals surface area contributed by atoms with Crippen LogP contribution >= 0.6 is 0 Å². The molecule has 0 atom stereocenters. The van der Waals surface area contributed by atoms with E-state index in [0.29, 0.717) is 5.92 Å². The van der Waals surface area contributed by atoms with Gasteiger partial charge in [-0.1, -0.05) is 27.4 Å². The van der Waals surface area contributed by atoms with Crippen molar-refractivity contribution in [3.8, 4) is 0 Å². The first-order valence-electron chi connectivity index (χ1n) is 3.80. The van der Waals surface area contributed by atoms with Crippen LogP contribution in [-0.4, -0.2) is 5.71 Å². The molecule has 0 aliphatic rings. The van der Waals surface area contributed by atoms with Crippen LogP contribution in [0.2, 0.25) is 0 Å². The lowest BCUT2D eigenvalue weighted by Crippen LogP contribution is -1.93. The maximum Gasteiger partial charge on any atom is 0.0356 e. The van der Waals surface area contributed by atoms with Crippen molar-refractivity contribution >= 4 is 5.71 Å². The van der Waals surface area contributed by atoms with Gasteiger partial charge in [-0.3, -0.25) is 4.99 Å². The number of aliphatic imine (C=N–C) groups is 1. The molecule has 0 heterocycles. The molecule has 0 N–H and O–H groups in total. The predicted molar refractivity (Wildman–Crippen MR) is 47.4 cm³/mol. The van der Waals surface area contributed by atoms with E-state index >= 15 is 0 Å². The quantitative estimate of drug-likeness (QED) is 0.533. The molecule has 1 nitrogen and oxygen atoms in total.